The van der Waals surface area contributed by atoms with Gasteiger partial charge in [-0.25, -0.2) is 9.78 Å². The van der Waals surface area contributed by atoms with Crippen molar-refractivity contribution < 1.29 is 47.5 Å². The lowest BCUT2D eigenvalue weighted by Crippen LogP contribution is -2.44. The second kappa shape index (κ2) is 25.2. The minimum Gasteiger partial charge on any atom is -0.462 e. The van der Waals surface area contributed by atoms with Crippen LogP contribution in [0.2, 0.25) is 0 Å². The molecule has 2 bridgehead atoms. The third-order valence-electron chi connectivity index (χ3n) is 14.1. The molecule has 11 unspecified atom stereocenters. The van der Waals surface area contributed by atoms with Gasteiger partial charge in [0.1, 0.15) is 29.8 Å². The summed E-state index contributed by atoms with van der Waals surface area (Å²) in [4.78, 5) is 31.1. The van der Waals surface area contributed by atoms with Gasteiger partial charge in [0.25, 0.3) is 0 Å². The molecule has 1 aromatic heterocycles. The molecule has 4 saturated heterocycles. The van der Waals surface area contributed by atoms with Gasteiger partial charge in [0.2, 0.25) is 0 Å². The Hall–Kier alpha value is -2.83. The fourth-order valence-electron chi connectivity index (χ4n) is 10.2. The number of nitrogens with zero attached hydrogens (tertiary/aromatic N) is 1. The van der Waals surface area contributed by atoms with Crippen LogP contribution in [0.4, 0.5) is 0 Å². The maximum atomic E-state index is 14.0. The predicted molar refractivity (Wildman–Crippen MR) is 246 cm³/mol. The van der Waals surface area contributed by atoms with E-state index in [0.717, 1.165) is 60.9 Å². The molecule has 0 saturated carbocycles. The number of cyclic esters (lactones) is 1. The number of hydrogen-bond acceptors (Lipinski definition) is 11. The number of aromatic nitrogens is 1. The first-order chi connectivity index (χ1) is 30.2. The molecule has 0 spiro atoms. The van der Waals surface area contributed by atoms with E-state index in [9.17, 15) is 14.7 Å². The lowest BCUT2D eigenvalue weighted by atomic mass is 9.82. The van der Waals surface area contributed by atoms with Crippen molar-refractivity contribution in [3.63, 3.8) is 0 Å². The Kier molecular flexibility index (Phi) is 20.4. The quantitative estimate of drug-likeness (QED) is 0.0369. The number of ether oxygens (including phenoxy) is 6. The highest BCUT2D eigenvalue weighted by Crippen LogP contribution is 2.48. The summed E-state index contributed by atoms with van der Waals surface area (Å²) >= 11 is 0. The lowest BCUT2D eigenvalue weighted by molar-refractivity contribution is -0.179. The van der Waals surface area contributed by atoms with E-state index in [4.69, 9.17) is 32.8 Å². The largest absolute Gasteiger partial charge is 0.462 e. The molecule has 0 amide bonds. The van der Waals surface area contributed by atoms with E-state index in [1.165, 1.54) is 64.2 Å². The van der Waals surface area contributed by atoms with Crippen molar-refractivity contribution in [3.05, 3.63) is 46.7 Å². The molecule has 11 nitrogen and oxygen atoms in total. The summed E-state index contributed by atoms with van der Waals surface area (Å²) in [6, 6.07) is 0. The number of aliphatic hydroxyl groups excluding tert-OH is 1. The van der Waals surface area contributed by atoms with Crippen molar-refractivity contribution in [2.75, 3.05) is 7.11 Å². The zero-order chi connectivity index (χ0) is 45.5. The van der Waals surface area contributed by atoms with Crippen molar-refractivity contribution in [1.29, 1.82) is 0 Å². The zero-order valence-corrected chi connectivity index (χ0v) is 40.4. The zero-order valence-electron chi connectivity index (χ0n) is 40.4. The number of carbonyl (C=O) groups is 2. The molecule has 11 heteroatoms. The molecule has 5 heterocycles. The van der Waals surface area contributed by atoms with Crippen molar-refractivity contribution in [1.82, 2.24) is 4.98 Å². The summed E-state index contributed by atoms with van der Waals surface area (Å²) < 4.78 is 43.0. The van der Waals surface area contributed by atoms with Gasteiger partial charge in [-0.2, -0.15) is 0 Å². The SMILES string of the molecule is CCCCCCCCCCCCCCC[C@H](O)OC1CC(C(C)C(OC)C(C)=CC(C)=CC(C)=Cc2coc(C)n2)OC(=O)C2OC2CC2CC(=O)OC(C2)C(C)CCC2OC12C. The highest BCUT2D eigenvalue weighted by atomic mass is 16.7. The summed E-state index contributed by atoms with van der Waals surface area (Å²) in [5.41, 5.74) is 3.09. The number of hydrogen-bond donors (Lipinski definition) is 1. The van der Waals surface area contributed by atoms with Crippen molar-refractivity contribution >= 4 is 18.0 Å². The van der Waals surface area contributed by atoms with Crippen LogP contribution in [0.1, 0.15) is 188 Å². The number of esters is 2. The molecule has 1 aromatic rings. The first-order valence-electron chi connectivity index (χ1n) is 24.8. The van der Waals surface area contributed by atoms with Gasteiger partial charge in [-0.1, -0.05) is 116 Å². The van der Waals surface area contributed by atoms with E-state index >= 15 is 0 Å². The Labute approximate surface area is 379 Å². The van der Waals surface area contributed by atoms with Crippen molar-refractivity contribution in [3.8, 4) is 0 Å². The number of fused-ring (bicyclic) bond motifs is 4. The summed E-state index contributed by atoms with van der Waals surface area (Å²) in [7, 11) is 1.69. The molecule has 12 atom stereocenters. The van der Waals surface area contributed by atoms with Gasteiger partial charge in [0.05, 0.1) is 24.4 Å². The second-order valence-electron chi connectivity index (χ2n) is 19.8. The number of aliphatic hydroxyl groups is 1. The van der Waals surface area contributed by atoms with E-state index in [1.807, 2.05) is 40.7 Å². The minimum atomic E-state index is -0.986. The number of allylic oxidation sites excluding steroid dienone is 4. The standard InChI is InChI=1S/C52H83NO10/c1-10-11-12-13-14-15-16-17-18-19-20-21-22-23-47(54)62-46-32-43(38(6)49(57-9)37(5)27-34(2)26-35(3)28-41-33-58-39(7)53-41)61-51(56)50-44(60-50)30-40-29-42(59-48(55)31-40)36(4)24-25-45-52(46,8)63-45/h26-28,33,36,38,40,42-47,49-50,54H,10-25,29-32H2,1-9H3/t36?,38?,40?,42?,43?,44?,45?,46?,47-,49?,50?,52?/m1/s1. The average Bonchev–Trinajstić information content (AvgIpc) is 4.11. The molecule has 63 heavy (non-hydrogen) atoms. The normalized spacial score (nSPS) is 31.0. The molecular weight excluding hydrogens is 799 g/mol. The van der Waals surface area contributed by atoms with Crippen molar-refractivity contribution in [2.45, 2.75) is 238 Å². The van der Waals surface area contributed by atoms with E-state index in [2.05, 4.69) is 37.9 Å². The number of unbranched alkanes of at least 4 members (excludes halogenated alkanes) is 12. The van der Waals surface area contributed by atoms with Crippen LogP contribution in [0.5, 0.6) is 0 Å². The van der Waals surface area contributed by atoms with Gasteiger partial charge in [-0.05, 0) is 95.3 Å². The van der Waals surface area contributed by atoms with Crippen LogP contribution in [0.25, 0.3) is 6.08 Å². The summed E-state index contributed by atoms with van der Waals surface area (Å²) in [5, 5.41) is 11.5. The number of aryl methyl sites for hydroxylation is 1. The molecule has 0 radical (unpaired) electrons. The molecule has 0 aromatic carbocycles. The van der Waals surface area contributed by atoms with Crippen LogP contribution >= 0.6 is 0 Å². The number of epoxide rings is 2. The van der Waals surface area contributed by atoms with Crippen molar-refractivity contribution in [2.24, 2.45) is 17.8 Å². The molecule has 0 aliphatic carbocycles. The fraction of sp³-hybridized carbons (Fsp3) is 0.788. The van der Waals surface area contributed by atoms with E-state index < -0.39 is 42.3 Å². The number of methoxy groups -OCH3 is 1. The third kappa shape index (κ3) is 16.2. The topological polar surface area (TPSA) is 142 Å². The molecule has 5 rings (SSSR count). The van der Waals surface area contributed by atoms with Crippen LogP contribution in [0, 0.1) is 24.7 Å². The van der Waals surface area contributed by atoms with Gasteiger partial charge in [-0.15, -0.1) is 0 Å². The van der Waals surface area contributed by atoms with E-state index in [0.29, 0.717) is 31.6 Å². The average molecular weight is 882 g/mol. The summed E-state index contributed by atoms with van der Waals surface area (Å²) in [5.74, 6) is -0.0595. The van der Waals surface area contributed by atoms with Gasteiger partial charge in [-0.3, -0.25) is 4.79 Å². The van der Waals surface area contributed by atoms with E-state index in [-0.39, 0.29) is 42.0 Å². The molecule has 356 valence electrons. The number of carbonyl (C=O) groups excluding carboxylic acids is 2. The molecule has 4 aliphatic heterocycles. The van der Waals surface area contributed by atoms with Crippen LogP contribution in [-0.4, -0.2) is 83.8 Å². The van der Waals surface area contributed by atoms with Crippen LogP contribution < -0.4 is 0 Å². The Balaban J connectivity index is 1.28. The maximum Gasteiger partial charge on any atom is 0.338 e. The lowest BCUT2D eigenvalue weighted by Gasteiger charge is -2.35. The van der Waals surface area contributed by atoms with Crippen LogP contribution in [0.15, 0.2) is 39.6 Å². The Morgan fingerprint density at radius 2 is 1.56 bits per heavy atom. The monoisotopic (exact) mass is 882 g/mol. The summed E-state index contributed by atoms with van der Waals surface area (Å²) in [6.07, 6.45) is 24.3. The molecule has 4 fully saturated rings. The Morgan fingerprint density at radius 1 is 0.905 bits per heavy atom. The summed E-state index contributed by atoms with van der Waals surface area (Å²) in [6.45, 7) is 16.5. The first kappa shape index (κ1) is 51.2. The second-order valence-corrected chi connectivity index (χ2v) is 19.8. The number of rotatable bonds is 23. The van der Waals surface area contributed by atoms with Gasteiger partial charge in [0, 0.05) is 32.8 Å². The highest BCUT2D eigenvalue weighted by Gasteiger charge is 2.60. The van der Waals surface area contributed by atoms with Gasteiger partial charge < -0.3 is 37.9 Å². The van der Waals surface area contributed by atoms with Crippen LogP contribution in [0.3, 0.4) is 0 Å². The minimum absolute atomic E-state index is 0.0845. The first-order valence-corrected chi connectivity index (χ1v) is 24.8. The van der Waals surface area contributed by atoms with Gasteiger partial charge >= 0.3 is 11.9 Å². The Morgan fingerprint density at radius 3 is 2.19 bits per heavy atom. The highest BCUT2D eigenvalue weighted by molar-refractivity contribution is 5.78. The third-order valence-corrected chi connectivity index (χ3v) is 14.1. The molecule has 1 N–H and O–H groups in total. The molecule has 4 aliphatic rings. The van der Waals surface area contributed by atoms with E-state index in [1.54, 1.807) is 13.4 Å². The predicted octanol–water partition coefficient (Wildman–Crippen LogP) is 11.5. The van der Waals surface area contributed by atoms with Gasteiger partial charge in [0.15, 0.2) is 18.3 Å². The Bertz CT molecular complexity index is 1670. The molecular formula is C52H83NO10. The number of oxazole rings is 1. The van der Waals surface area contributed by atoms with Crippen LogP contribution in [-0.2, 0) is 38.0 Å². The fourth-order valence-corrected chi connectivity index (χ4v) is 10.2. The maximum absolute atomic E-state index is 14.0. The smallest absolute Gasteiger partial charge is 0.338 e.